The Morgan fingerprint density at radius 1 is 1.47 bits per heavy atom. The van der Waals surface area contributed by atoms with Crippen LogP contribution in [0.15, 0.2) is 12.5 Å². The zero-order valence-corrected chi connectivity index (χ0v) is 10.5. The lowest BCUT2D eigenvalue weighted by atomic mass is 10.3. The van der Waals surface area contributed by atoms with Crippen LogP contribution >= 0.6 is 11.6 Å². The molecule has 1 aromatic heterocycles. The lowest BCUT2D eigenvalue weighted by Crippen LogP contribution is -2.29. The van der Waals surface area contributed by atoms with E-state index in [0.717, 1.165) is 25.3 Å². The highest BCUT2D eigenvalue weighted by Crippen LogP contribution is 2.13. The van der Waals surface area contributed by atoms with Gasteiger partial charge in [-0.3, -0.25) is 0 Å². The fourth-order valence-electron chi connectivity index (χ4n) is 1.78. The summed E-state index contributed by atoms with van der Waals surface area (Å²) in [5, 5.41) is 0. The summed E-state index contributed by atoms with van der Waals surface area (Å²) >= 11 is 5.85. The number of halogens is 1. The van der Waals surface area contributed by atoms with Crippen LogP contribution in [0.2, 0.25) is 0 Å². The van der Waals surface area contributed by atoms with Crippen LogP contribution in [0.5, 0.6) is 0 Å². The van der Waals surface area contributed by atoms with Crippen LogP contribution in [-0.4, -0.2) is 34.1 Å². The van der Waals surface area contributed by atoms with Crippen LogP contribution in [0, 0.1) is 0 Å². The molecule has 86 valence electrons. The molecule has 1 rings (SSSR count). The zero-order valence-electron chi connectivity index (χ0n) is 9.78. The molecule has 0 aliphatic rings. The molecule has 1 atom stereocenters. The Morgan fingerprint density at radius 2 is 2.13 bits per heavy atom. The van der Waals surface area contributed by atoms with E-state index in [2.05, 4.69) is 35.2 Å². The lowest BCUT2D eigenvalue weighted by Gasteiger charge is -2.24. The lowest BCUT2D eigenvalue weighted by molar-refractivity contribution is 0.259. The third-order valence-electron chi connectivity index (χ3n) is 2.77. The maximum absolute atomic E-state index is 5.85. The first-order valence-electron chi connectivity index (χ1n) is 5.51. The summed E-state index contributed by atoms with van der Waals surface area (Å²) in [5.74, 6) is 0.530. The first kappa shape index (κ1) is 12.5. The van der Waals surface area contributed by atoms with Gasteiger partial charge in [-0.2, -0.15) is 0 Å². The summed E-state index contributed by atoms with van der Waals surface area (Å²) in [6, 6.07) is 0.432. The topological polar surface area (TPSA) is 21.1 Å². The second-order valence-electron chi connectivity index (χ2n) is 3.76. The van der Waals surface area contributed by atoms with Gasteiger partial charge >= 0.3 is 0 Å². The summed E-state index contributed by atoms with van der Waals surface area (Å²) in [4.78, 5) is 6.54. The SMILES string of the molecule is CCN(CC)CC(C)n1cncc1CCl. The fraction of sp³-hybridized carbons (Fsp3) is 0.727. The van der Waals surface area contributed by atoms with Crippen LogP contribution in [0.1, 0.15) is 32.5 Å². The van der Waals surface area contributed by atoms with Gasteiger partial charge in [0.15, 0.2) is 0 Å². The van der Waals surface area contributed by atoms with E-state index in [0.29, 0.717) is 11.9 Å². The van der Waals surface area contributed by atoms with Gasteiger partial charge in [0.1, 0.15) is 0 Å². The Kier molecular flexibility index (Phi) is 5.12. The van der Waals surface area contributed by atoms with E-state index in [4.69, 9.17) is 11.6 Å². The van der Waals surface area contributed by atoms with Gasteiger partial charge in [0.05, 0.1) is 17.9 Å². The number of nitrogens with zero attached hydrogens (tertiary/aromatic N) is 3. The summed E-state index contributed by atoms with van der Waals surface area (Å²) in [5.41, 5.74) is 1.09. The minimum absolute atomic E-state index is 0.432. The highest BCUT2D eigenvalue weighted by molar-refractivity contribution is 6.16. The Hall–Kier alpha value is -0.540. The maximum atomic E-state index is 5.85. The highest BCUT2D eigenvalue weighted by atomic mass is 35.5. The average Bonchev–Trinajstić information content (AvgIpc) is 2.73. The monoisotopic (exact) mass is 229 g/mol. The molecule has 1 unspecified atom stereocenters. The molecule has 0 fully saturated rings. The predicted molar refractivity (Wildman–Crippen MR) is 64.3 cm³/mol. The van der Waals surface area contributed by atoms with Crippen molar-refractivity contribution >= 4 is 11.6 Å². The molecule has 15 heavy (non-hydrogen) atoms. The van der Waals surface area contributed by atoms with Crippen LogP contribution in [0.3, 0.4) is 0 Å². The number of hydrogen-bond donors (Lipinski definition) is 0. The molecule has 0 radical (unpaired) electrons. The van der Waals surface area contributed by atoms with E-state index in [1.807, 2.05) is 12.5 Å². The van der Waals surface area contributed by atoms with Crippen molar-refractivity contribution < 1.29 is 0 Å². The second kappa shape index (κ2) is 6.13. The van der Waals surface area contributed by atoms with Gasteiger partial charge in [0.2, 0.25) is 0 Å². The van der Waals surface area contributed by atoms with Gasteiger partial charge in [-0.1, -0.05) is 13.8 Å². The van der Waals surface area contributed by atoms with Crippen molar-refractivity contribution in [1.82, 2.24) is 14.5 Å². The Balaban J connectivity index is 2.63. The molecule has 0 bridgehead atoms. The van der Waals surface area contributed by atoms with Crippen molar-refractivity contribution in [2.24, 2.45) is 0 Å². The van der Waals surface area contributed by atoms with Gasteiger partial charge in [-0.25, -0.2) is 4.98 Å². The summed E-state index contributed by atoms with van der Waals surface area (Å²) in [6.45, 7) is 9.81. The summed E-state index contributed by atoms with van der Waals surface area (Å²) < 4.78 is 2.16. The molecule has 0 aliphatic carbocycles. The standard InChI is InChI=1S/C11H20ClN3/c1-4-14(5-2)8-10(3)15-9-13-7-11(15)6-12/h7,9-10H,4-6,8H2,1-3H3. The first-order chi connectivity index (χ1) is 7.22. The van der Waals surface area contributed by atoms with E-state index in [1.165, 1.54) is 0 Å². The molecule has 0 N–H and O–H groups in total. The first-order valence-corrected chi connectivity index (χ1v) is 6.05. The summed E-state index contributed by atoms with van der Waals surface area (Å²) in [7, 11) is 0. The number of imidazole rings is 1. The highest BCUT2D eigenvalue weighted by Gasteiger charge is 2.11. The number of alkyl halides is 1. The Morgan fingerprint density at radius 3 is 2.67 bits per heavy atom. The number of likely N-dealkylation sites (N-methyl/N-ethyl adjacent to an activating group) is 1. The van der Waals surface area contributed by atoms with Crippen molar-refractivity contribution in [3.63, 3.8) is 0 Å². The molecule has 0 aromatic carbocycles. The molecule has 1 heterocycles. The average molecular weight is 230 g/mol. The van der Waals surface area contributed by atoms with Gasteiger partial charge in [-0.05, 0) is 20.0 Å². The molecule has 3 nitrogen and oxygen atoms in total. The van der Waals surface area contributed by atoms with E-state index in [9.17, 15) is 0 Å². The smallest absolute Gasteiger partial charge is 0.0951 e. The van der Waals surface area contributed by atoms with E-state index < -0.39 is 0 Å². The predicted octanol–water partition coefficient (Wildman–Crippen LogP) is 2.52. The number of rotatable bonds is 6. The molecule has 0 saturated heterocycles. The second-order valence-corrected chi connectivity index (χ2v) is 4.03. The van der Waals surface area contributed by atoms with E-state index in [1.54, 1.807) is 0 Å². The minimum Gasteiger partial charge on any atom is -0.329 e. The zero-order chi connectivity index (χ0) is 11.3. The van der Waals surface area contributed by atoms with Crippen molar-refractivity contribution in [1.29, 1.82) is 0 Å². The van der Waals surface area contributed by atoms with Gasteiger partial charge < -0.3 is 9.47 Å². The third-order valence-corrected chi connectivity index (χ3v) is 3.05. The van der Waals surface area contributed by atoms with Crippen molar-refractivity contribution in [3.05, 3.63) is 18.2 Å². The molecule has 0 amide bonds. The Labute approximate surface area is 97.1 Å². The quantitative estimate of drug-likeness (QED) is 0.699. The van der Waals surface area contributed by atoms with Crippen LogP contribution in [-0.2, 0) is 5.88 Å². The molecule has 0 spiro atoms. The molecule has 1 aromatic rings. The van der Waals surface area contributed by atoms with Crippen LogP contribution < -0.4 is 0 Å². The Bertz CT molecular complexity index is 281. The van der Waals surface area contributed by atoms with Crippen molar-refractivity contribution in [2.45, 2.75) is 32.7 Å². The van der Waals surface area contributed by atoms with Gasteiger partial charge in [0.25, 0.3) is 0 Å². The number of aromatic nitrogens is 2. The van der Waals surface area contributed by atoms with Gasteiger partial charge in [-0.15, -0.1) is 11.6 Å². The van der Waals surface area contributed by atoms with E-state index >= 15 is 0 Å². The normalized spacial score (nSPS) is 13.4. The summed E-state index contributed by atoms with van der Waals surface area (Å²) in [6.07, 6.45) is 3.71. The van der Waals surface area contributed by atoms with E-state index in [-0.39, 0.29) is 0 Å². The van der Waals surface area contributed by atoms with Crippen molar-refractivity contribution in [2.75, 3.05) is 19.6 Å². The molecule has 4 heteroatoms. The molecule has 0 saturated carbocycles. The fourth-order valence-corrected chi connectivity index (χ4v) is 1.98. The van der Waals surface area contributed by atoms with Crippen LogP contribution in [0.25, 0.3) is 0 Å². The van der Waals surface area contributed by atoms with Crippen molar-refractivity contribution in [3.8, 4) is 0 Å². The minimum atomic E-state index is 0.432. The molecular weight excluding hydrogens is 210 g/mol. The number of hydrogen-bond acceptors (Lipinski definition) is 2. The third kappa shape index (κ3) is 3.21. The molecular formula is C11H20ClN3. The van der Waals surface area contributed by atoms with Crippen LogP contribution in [0.4, 0.5) is 0 Å². The largest absolute Gasteiger partial charge is 0.329 e. The molecule has 0 aliphatic heterocycles. The maximum Gasteiger partial charge on any atom is 0.0951 e. The van der Waals surface area contributed by atoms with Gasteiger partial charge in [0, 0.05) is 18.8 Å².